The maximum Gasteiger partial charge on any atom is 0.203 e. The summed E-state index contributed by atoms with van der Waals surface area (Å²) in [7, 11) is -2.89. The van der Waals surface area contributed by atoms with E-state index in [1.807, 2.05) is 39.6 Å². The molecule has 0 spiro atoms. The summed E-state index contributed by atoms with van der Waals surface area (Å²) in [5.74, 6) is 1.43. The van der Waals surface area contributed by atoms with Crippen molar-refractivity contribution in [1.82, 2.24) is 14.3 Å². The van der Waals surface area contributed by atoms with Crippen LogP contribution in [0.15, 0.2) is 30.3 Å². The van der Waals surface area contributed by atoms with E-state index in [0.29, 0.717) is 17.2 Å². The molecule has 1 fully saturated rings. The smallest absolute Gasteiger partial charge is 0.203 e. The molecule has 1 saturated heterocycles. The first-order chi connectivity index (χ1) is 11.9. The monoisotopic (exact) mass is 381 g/mol. The van der Waals surface area contributed by atoms with E-state index in [1.54, 1.807) is 0 Å². The number of hydrogen-bond acceptors (Lipinski definition) is 4. The highest BCUT2D eigenvalue weighted by molar-refractivity contribution is 7.91. The second-order valence-corrected chi connectivity index (χ2v) is 9.08. The third-order valence-electron chi connectivity index (χ3n) is 4.89. The Labute approximate surface area is 154 Å². The minimum Gasteiger partial charge on any atom is -0.313 e. The molecule has 2 aromatic rings. The molecule has 1 unspecified atom stereocenters. The quantitative estimate of drug-likeness (QED) is 0.763. The Morgan fingerprint density at radius 2 is 2.00 bits per heavy atom. The van der Waals surface area contributed by atoms with Crippen molar-refractivity contribution in [1.29, 1.82) is 0 Å². The van der Waals surface area contributed by atoms with Gasteiger partial charge in [0, 0.05) is 18.5 Å². The van der Waals surface area contributed by atoms with E-state index >= 15 is 0 Å². The largest absolute Gasteiger partial charge is 0.313 e. The highest BCUT2D eigenvalue weighted by atomic mass is 32.2. The van der Waals surface area contributed by atoms with Gasteiger partial charge in [-0.25, -0.2) is 8.42 Å². The van der Waals surface area contributed by atoms with E-state index < -0.39 is 9.84 Å². The average molecular weight is 382 g/mol. The van der Waals surface area contributed by atoms with Crippen LogP contribution in [0.1, 0.15) is 20.3 Å². The fraction of sp³-hybridized carbons (Fsp3) is 0.529. The molecule has 2 heterocycles. The molecule has 136 valence electrons. The molecule has 1 N–H and O–H groups in total. The normalized spacial score (nSPS) is 20.6. The predicted molar refractivity (Wildman–Crippen MR) is 101 cm³/mol. The van der Waals surface area contributed by atoms with E-state index in [-0.39, 0.29) is 11.8 Å². The van der Waals surface area contributed by atoms with E-state index in [2.05, 4.69) is 13.8 Å². The van der Waals surface area contributed by atoms with Gasteiger partial charge in [-0.1, -0.05) is 30.3 Å². The molecular formula is C17H25N4O2S2+. The van der Waals surface area contributed by atoms with Gasteiger partial charge in [-0.2, -0.15) is 4.68 Å². The average Bonchev–Trinajstić information content (AvgIpc) is 3.12. The molecule has 6 nitrogen and oxygen atoms in total. The van der Waals surface area contributed by atoms with E-state index in [1.165, 1.54) is 4.90 Å². The van der Waals surface area contributed by atoms with Crippen LogP contribution >= 0.6 is 12.2 Å². The third kappa shape index (κ3) is 3.86. The minimum atomic E-state index is -2.89. The summed E-state index contributed by atoms with van der Waals surface area (Å²) < 4.78 is 28.2. The van der Waals surface area contributed by atoms with Crippen molar-refractivity contribution < 1.29 is 13.3 Å². The lowest BCUT2D eigenvalue weighted by Crippen LogP contribution is -3.15. The number of benzene rings is 1. The van der Waals surface area contributed by atoms with Gasteiger partial charge in [-0.15, -0.1) is 5.10 Å². The van der Waals surface area contributed by atoms with Gasteiger partial charge in [0.2, 0.25) is 4.77 Å². The van der Waals surface area contributed by atoms with Crippen molar-refractivity contribution in [3.05, 3.63) is 35.1 Å². The van der Waals surface area contributed by atoms with Crippen LogP contribution < -0.4 is 4.90 Å². The van der Waals surface area contributed by atoms with Crippen LogP contribution in [-0.4, -0.2) is 46.9 Å². The van der Waals surface area contributed by atoms with Crippen LogP contribution in [-0.2, 0) is 23.1 Å². The second kappa shape index (κ2) is 7.39. The molecule has 1 aromatic carbocycles. The fourth-order valence-electron chi connectivity index (χ4n) is 3.47. The molecule has 1 aliphatic rings. The summed E-state index contributed by atoms with van der Waals surface area (Å²) in [6, 6.07) is 10.1. The van der Waals surface area contributed by atoms with Gasteiger partial charge in [-0.05, 0) is 26.1 Å². The summed E-state index contributed by atoms with van der Waals surface area (Å²) in [5.41, 5.74) is 1.04. The number of nitrogens with one attached hydrogen (secondary N) is 1. The van der Waals surface area contributed by atoms with Gasteiger partial charge in [-0.3, -0.25) is 0 Å². The Kier molecular flexibility index (Phi) is 5.41. The molecular weight excluding hydrogens is 356 g/mol. The number of aromatic nitrogens is 3. The van der Waals surface area contributed by atoms with Crippen LogP contribution in [0.5, 0.6) is 0 Å². The molecule has 1 aliphatic heterocycles. The summed E-state index contributed by atoms with van der Waals surface area (Å²) >= 11 is 5.63. The molecule has 2 atom stereocenters. The number of rotatable bonds is 6. The van der Waals surface area contributed by atoms with Crippen molar-refractivity contribution in [3.63, 3.8) is 0 Å². The van der Waals surface area contributed by atoms with Crippen molar-refractivity contribution in [2.75, 3.05) is 18.1 Å². The Balaban J connectivity index is 1.90. The summed E-state index contributed by atoms with van der Waals surface area (Å²) in [4.78, 5) is 1.22. The number of hydrogen-bond donors (Lipinski definition) is 1. The van der Waals surface area contributed by atoms with Gasteiger partial charge in [0.05, 0.1) is 12.3 Å². The maximum atomic E-state index is 11.8. The second-order valence-electron chi connectivity index (χ2n) is 6.49. The maximum absolute atomic E-state index is 11.8. The lowest BCUT2D eigenvalue weighted by atomic mass is 10.2. The third-order valence-corrected chi connectivity index (χ3v) is 7.09. The summed E-state index contributed by atoms with van der Waals surface area (Å²) in [6.07, 6.45) is 0.721. The van der Waals surface area contributed by atoms with Crippen LogP contribution in [0, 0.1) is 4.77 Å². The van der Waals surface area contributed by atoms with Gasteiger partial charge < -0.3 is 9.47 Å². The van der Waals surface area contributed by atoms with Crippen LogP contribution in [0.3, 0.4) is 0 Å². The van der Waals surface area contributed by atoms with Gasteiger partial charge in [0.1, 0.15) is 11.8 Å². The summed E-state index contributed by atoms with van der Waals surface area (Å²) in [5, 5.41) is 4.75. The molecule has 8 heteroatoms. The molecule has 0 bridgehead atoms. The number of sulfone groups is 1. The molecule has 25 heavy (non-hydrogen) atoms. The van der Waals surface area contributed by atoms with Gasteiger partial charge in [0.15, 0.2) is 22.3 Å². The molecule has 3 rings (SSSR count). The SMILES string of the molecule is CCn1c(-c2ccccc2)nn(C[NH+](CC)[C@@H]2CCS(=O)(=O)C2)c1=S. The summed E-state index contributed by atoms with van der Waals surface area (Å²) in [6.45, 7) is 6.34. The van der Waals surface area contributed by atoms with E-state index in [4.69, 9.17) is 17.3 Å². The Bertz CT molecular complexity index is 887. The van der Waals surface area contributed by atoms with Crippen LogP contribution in [0.25, 0.3) is 11.4 Å². The van der Waals surface area contributed by atoms with E-state index in [0.717, 1.165) is 30.9 Å². The van der Waals surface area contributed by atoms with Crippen LogP contribution in [0.4, 0.5) is 0 Å². The lowest BCUT2D eigenvalue weighted by Gasteiger charge is -2.23. The fourth-order valence-corrected chi connectivity index (χ4v) is 5.62. The molecule has 1 aromatic heterocycles. The highest BCUT2D eigenvalue weighted by Crippen LogP contribution is 2.17. The van der Waals surface area contributed by atoms with Crippen molar-refractivity contribution in [2.45, 2.75) is 39.5 Å². The number of nitrogens with zero attached hydrogens (tertiary/aromatic N) is 3. The Morgan fingerprint density at radius 1 is 1.28 bits per heavy atom. The molecule has 0 radical (unpaired) electrons. The molecule has 0 amide bonds. The zero-order valence-corrected chi connectivity index (χ0v) is 16.3. The van der Waals surface area contributed by atoms with Gasteiger partial charge >= 0.3 is 0 Å². The molecule has 0 saturated carbocycles. The van der Waals surface area contributed by atoms with E-state index in [9.17, 15) is 8.42 Å². The molecule has 0 aliphatic carbocycles. The first kappa shape index (κ1) is 18.3. The zero-order valence-electron chi connectivity index (χ0n) is 14.7. The Hall–Kier alpha value is -1.51. The Morgan fingerprint density at radius 3 is 2.56 bits per heavy atom. The van der Waals surface area contributed by atoms with Crippen molar-refractivity contribution >= 4 is 22.1 Å². The lowest BCUT2D eigenvalue weighted by molar-refractivity contribution is -0.943. The highest BCUT2D eigenvalue weighted by Gasteiger charge is 2.35. The first-order valence-electron chi connectivity index (χ1n) is 8.73. The standard InChI is InChI=1S/C17H24N4O2S2/c1-3-19(15-10-11-25(22,23)12-15)13-21-17(24)20(4-2)16(18-21)14-8-6-5-7-9-14/h5-9,15H,3-4,10-13H2,1-2H3/p+1/t15-/m1/s1. The topological polar surface area (TPSA) is 61.3 Å². The first-order valence-corrected chi connectivity index (χ1v) is 11.0. The minimum absolute atomic E-state index is 0.129. The predicted octanol–water partition coefficient (Wildman–Crippen LogP) is 1.15. The van der Waals surface area contributed by atoms with Crippen molar-refractivity contribution in [3.8, 4) is 11.4 Å². The van der Waals surface area contributed by atoms with Crippen molar-refractivity contribution in [2.24, 2.45) is 0 Å². The van der Waals surface area contributed by atoms with Crippen LogP contribution in [0.2, 0.25) is 0 Å². The number of quaternary nitrogens is 1. The van der Waals surface area contributed by atoms with Gasteiger partial charge in [0.25, 0.3) is 0 Å². The zero-order chi connectivity index (χ0) is 18.0.